The van der Waals surface area contributed by atoms with E-state index < -0.39 is 5.37 Å². The Morgan fingerprint density at radius 1 is 1.15 bits per heavy atom. The topological polar surface area (TPSA) is 101 Å². The molecule has 2 aliphatic rings. The van der Waals surface area contributed by atoms with Gasteiger partial charge in [-0.3, -0.25) is 4.79 Å². The second-order valence-corrected chi connectivity index (χ2v) is 6.90. The first-order valence-corrected chi connectivity index (χ1v) is 8.91. The minimum Gasteiger partial charge on any atom is -0.508 e. The van der Waals surface area contributed by atoms with Crippen LogP contribution in [0.5, 0.6) is 5.75 Å². The molecule has 2 N–H and O–H groups in total. The molecule has 2 aliphatic heterocycles. The van der Waals surface area contributed by atoms with Crippen molar-refractivity contribution < 1.29 is 9.90 Å². The van der Waals surface area contributed by atoms with Crippen LogP contribution in [0.4, 0.5) is 4.79 Å². The van der Waals surface area contributed by atoms with Crippen molar-refractivity contribution in [3.63, 3.8) is 0 Å². The van der Waals surface area contributed by atoms with Gasteiger partial charge in [-0.2, -0.15) is 15.2 Å². The van der Waals surface area contributed by atoms with Gasteiger partial charge in [-0.25, -0.2) is 10.5 Å². The van der Waals surface area contributed by atoms with Crippen LogP contribution in [0, 0.1) is 5.53 Å². The summed E-state index contributed by atoms with van der Waals surface area (Å²) in [7, 11) is 0. The van der Waals surface area contributed by atoms with Gasteiger partial charge in [-0.1, -0.05) is 48.5 Å². The number of benzene rings is 2. The third kappa shape index (κ3) is 2.88. The lowest BCUT2D eigenvalue weighted by molar-refractivity contribution is 0.267. The molecule has 0 saturated carbocycles. The van der Waals surface area contributed by atoms with Crippen LogP contribution in [0.2, 0.25) is 0 Å². The Bertz CT molecular complexity index is 928. The molecule has 0 bridgehead atoms. The van der Waals surface area contributed by atoms with Crippen molar-refractivity contribution in [1.82, 2.24) is 5.01 Å². The van der Waals surface area contributed by atoms with Gasteiger partial charge >= 0.3 is 5.24 Å². The molecule has 7 nitrogen and oxygen atoms in total. The zero-order valence-corrected chi connectivity index (χ0v) is 14.4. The number of aromatic hydroxyl groups is 1. The molecule has 0 spiro atoms. The quantitative estimate of drug-likeness (QED) is 0.797. The first kappa shape index (κ1) is 16.5. The zero-order chi connectivity index (χ0) is 18.1. The molecule has 2 aromatic carbocycles. The first-order valence-electron chi connectivity index (χ1n) is 8.03. The number of nitrogens with zero attached hydrogens (tertiary/aromatic N) is 4. The molecule has 0 aromatic heterocycles. The summed E-state index contributed by atoms with van der Waals surface area (Å²) in [5, 5.41) is 19.0. The van der Waals surface area contributed by atoms with E-state index in [1.54, 1.807) is 17.1 Å². The standard InChI is InChI=1S/C18H15N5O2S/c19-21-17-16(20-18(25)26-17)23-14(12-8-4-5-9-15(12)24)10-13(22-23)11-6-2-1-3-7-11/h1-9,14,17,19,24H,10H2/t14-,17-/m0/s1. The molecule has 2 atom stereocenters. The molecule has 0 saturated heterocycles. The highest BCUT2D eigenvalue weighted by Gasteiger charge is 2.40. The van der Waals surface area contributed by atoms with E-state index in [0.29, 0.717) is 17.8 Å². The predicted molar refractivity (Wildman–Crippen MR) is 99.6 cm³/mol. The number of amides is 1. The van der Waals surface area contributed by atoms with Gasteiger partial charge in [-0.05, 0) is 23.4 Å². The summed E-state index contributed by atoms with van der Waals surface area (Å²) in [4.78, 5) is 15.8. The normalized spacial score (nSPS) is 22.3. The number of thioether (sulfide) groups is 1. The fraction of sp³-hybridized carbons (Fsp3) is 0.167. The number of phenolic OH excluding ortho intramolecular Hbond substituents is 1. The first-order chi connectivity index (χ1) is 12.7. The van der Waals surface area contributed by atoms with Gasteiger partial charge in [0, 0.05) is 12.0 Å². The predicted octanol–water partition coefficient (Wildman–Crippen LogP) is 4.17. The van der Waals surface area contributed by atoms with Gasteiger partial charge in [0.25, 0.3) is 0 Å². The van der Waals surface area contributed by atoms with Crippen LogP contribution in [0.1, 0.15) is 23.6 Å². The monoisotopic (exact) mass is 365 g/mol. The molecule has 0 aliphatic carbocycles. The summed E-state index contributed by atoms with van der Waals surface area (Å²) in [5.74, 6) is 0.484. The minimum atomic E-state index is -0.713. The highest BCUT2D eigenvalue weighted by molar-refractivity contribution is 8.15. The second-order valence-electron chi connectivity index (χ2n) is 5.87. The number of rotatable bonds is 3. The van der Waals surface area contributed by atoms with E-state index in [2.05, 4.69) is 15.2 Å². The summed E-state index contributed by atoms with van der Waals surface area (Å²) >= 11 is 0.889. The summed E-state index contributed by atoms with van der Waals surface area (Å²) < 4.78 is 0. The van der Waals surface area contributed by atoms with Crippen LogP contribution in [-0.2, 0) is 0 Å². The number of hydrogen-bond donors (Lipinski definition) is 2. The van der Waals surface area contributed by atoms with E-state index >= 15 is 0 Å². The van der Waals surface area contributed by atoms with Crippen molar-refractivity contribution in [2.24, 2.45) is 15.2 Å². The SMILES string of the molecule is N=N[C@H]1SC(=O)N=C1N1N=C(c2ccccc2)C[C@H]1c1ccccc1O. The van der Waals surface area contributed by atoms with Crippen LogP contribution in [0.15, 0.2) is 69.8 Å². The van der Waals surface area contributed by atoms with Crippen LogP contribution in [0.3, 0.4) is 0 Å². The number of hydrogen-bond acceptors (Lipinski definition) is 7. The number of phenols is 1. The fourth-order valence-electron chi connectivity index (χ4n) is 3.11. The number of hydrazone groups is 1. The van der Waals surface area contributed by atoms with Crippen molar-refractivity contribution in [3.8, 4) is 5.75 Å². The molecule has 26 heavy (non-hydrogen) atoms. The average molecular weight is 365 g/mol. The lowest BCUT2D eigenvalue weighted by Gasteiger charge is -2.25. The van der Waals surface area contributed by atoms with Crippen LogP contribution >= 0.6 is 11.8 Å². The number of para-hydroxylation sites is 1. The molecule has 1 amide bonds. The molecule has 0 fully saturated rings. The van der Waals surface area contributed by atoms with Gasteiger partial charge in [0.15, 0.2) is 11.2 Å². The van der Waals surface area contributed by atoms with E-state index in [1.165, 1.54) is 0 Å². The Hall–Kier alpha value is -3.00. The minimum absolute atomic E-state index is 0.156. The molecule has 2 aromatic rings. The van der Waals surface area contributed by atoms with Gasteiger partial charge in [-0.15, -0.1) is 0 Å². The number of amidine groups is 1. The van der Waals surface area contributed by atoms with Gasteiger partial charge in [0.2, 0.25) is 0 Å². The third-order valence-corrected chi connectivity index (χ3v) is 5.14. The molecular weight excluding hydrogens is 350 g/mol. The number of aliphatic imine (C=N–C) groups is 1. The van der Waals surface area contributed by atoms with Crippen molar-refractivity contribution in [1.29, 1.82) is 5.53 Å². The maximum atomic E-state index is 11.7. The number of carbonyl (C=O) groups is 1. The molecule has 2 heterocycles. The molecule has 0 unspecified atom stereocenters. The van der Waals surface area contributed by atoms with E-state index in [9.17, 15) is 9.90 Å². The Balaban J connectivity index is 1.79. The summed E-state index contributed by atoms with van der Waals surface area (Å²) in [6.45, 7) is 0. The van der Waals surface area contributed by atoms with Gasteiger partial charge in [0.1, 0.15) is 5.75 Å². The van der Waals surface area contributed by atoms with Crippen LogP contribution in [0.25, 0.3) is 0 Å². The Morgan fingerprint density at radius 3 is 2.62 bits per heavy atom. The number of nitrogens with one attached hydrogen (secondary N) is 1. The highest BCUT2D eigenvalue weighted by atomic mass is 32.2. The molecule has 8 heteroatoms. The Kier molecular flexibility index (Phi) is 4.26. The van der Waals surface area contributed by atoms with Gasteiger partial charge < -0.3 is 5.11 Å². The van der Waals surface area contributed by atoms with Crippen molar-refractivity contribution >= 4 is 28.5 Å². The molecule has 0 radical (unpaired) electrons. The van der Waals surface area contributed by atoms with E-state index in [-0.39, 0.29) is 17.0 Å². The van der Waals surface area contributed by atoms with Crippen LogP contribution in [-0.4, -0.2) is 32.3 Å². The molecule has 130 valence electrons. The van der Waals surface area contributed by atoms with E-state index in [1.807, 2.05) is 42.5 Å². The fourth-order valence-corrected chi connectivity index (χ4v) is 3.77. The van der Waals surface area contributed by atoms with E-state index in [0.717, 1.165) is 23.0 Å². The average Bonchev–Trinajstić information content (AvgIpc) is 3.26. The Labute approximate surface area is 154 Å². The zero-order valence-electron chi connectivity index (χ0n) is 13.6. The lowest BCUT2D eigenvalue weighted by Crippen LogP contribution is -2.31. The lowest BCUT2D eigenvalue weighted by atomic mass is 9.97. The smallest absolute Gasteiger partial charge is 0.309 e. The number of carbonyl (C=O) groups excluding carboxylic acids is 1. The van der Waals surface area contributed by atoms with Crippen molar-refractivity contribution in [2.75, 3.05) is 0 Å². The van der Waals surface area contributed by atoms with Crippen molar-refractivity contribution in [2.45, 2.75) is 17.8 Å². The summed E-state index contributed by atoms with van der Waals surface area (Å²) in [5.41, 5.74) is 9.84. The summed E-state index contributed by atoms with van der Waals surface area (Å²) in [6, 6.07) is 16.5. The second kappa shape index (κ2) is 6.72. The van der Waals surface area contributed by atoms with E-state index in [4.69, 9.17) is 5.53 Å². The molecular formula is C18H15N5O2S. The van der Waals surface area contributed by atoms with Gasteiger partial charge in [0.05, 0.1) is 11.8 Å². The molecule has 4 rings (SSSR count). The highest BCUT2D eigenvalue weighted by Crippen LogP contribution is 2.40. The maximum Gasteiger partial charge on any atom is 0.309 e. The largest absolute Gasteiger partial charge is 0.508 e. The van der Waals surface area contributed by atoms with Crippen molar-refractivity contribution in [3.05, 3.63) is 65.7 Å². The van der Waals surface area contributed by atoms with Crippen LogP contribution < -0.4 is 0 Å². The Morgan fingerprint density at radius 2 is 1.88 bits per heavy atom. The summed E-state index contributed by atoms with van der Waals surface area (Å²) in [6.07, 6.45) is 0.546. The third-order valence-electron chi connectivity index (χ3n) is 4.30. The maximum absolute atomic E-state index is 11.7.